The van der Waals surface area contributed by atoms with E-state index in [1.807, 2.05) is 78.9 Å². The van der Waals surface area contributed by atoms with E-state index in [1.165, 1.54) is 16.0 Å². The molecule has 8 nitrogen and oxygen atoms in total. The van der Waals surface area contributed by atoms with Crippen LogP contribution in [-0.4, -0.2) is 54.8 Å². The molecule has 1 atom stereocenters. The maximum atomic E-state index is 12.6. The van der Waals surface area contributed by atoms with Gasteiger partial charge >= 0.3 is 12.1 Å². The average molecular weight is 576 g/mol. The number of carboxylic acids is 1. The zero-order valence-corrected chi connectivity index (χ0v) is 24.5. The van der Waals surface area contributed by atoms with Crippen molar-refractivity contribution in [1.29, 1.82) is 0 Å². The van der Waals surface area contributed by atoms with Gasteiger partial charge in [0.2, 0.25) is 5.91 Å². The van der Waals surface area contributed by atoms with Gasteiger partial charge < -0.3 is 19.3 Å². The Morgan fingerprint density at radius 3 is 1.79 bits per heavy atom. The lowest BCUT2D eigenvalue weighted by Gasteiger charge is -2.19. The van der Waals surface area contributed by atoms with Crippen molar-refractivity contribution in [3.05, 3.63) is 95.6 Å². The number of cyclic esters (lactones) is 1. The summed E-state index contributed by atoms with van der Waals surface area (Å²) in [5, 5.41) is 8.46. The third kappa shape index (κ3) is 10.9. The summed E-state index contributed by atoms with van der Waals surface area (Å²) in [5.41, 5.74) is 3.53. The van der Waals surface area contributed by atoms with E-state index in [1.54, 1.807) is 14.2 Å². The normalized spacial score (nSPS) is 14.0. The Balaban J connectivity index is 0.000000274. The van der Waals surface area contributed by atoms with Crippen LogP contribution in [0.2, 0.25) is 0 Å². The highest BCUT2D eigenvalue weighted by Crippen LogP contribution is 2.20. The number of carboxylic acid groups (broad SMARTS) is 1. The third-order valence-electron chi connectivity index (χ3n) is 7.07. The molecule has 0 saturated carbocycles. The van der Waals surface area contributed by atoms with Crippen LogP contribution in [0.5, 0.6) is 11.5 Å². The minimum absolute atomic E-state index is 0.145. The number of carbonyl (C=O) groups is 3. The van der Waals surface area contributed by atoms with E-state index in [9.17, 15) is 14.4 Å². The van der Waals surface area contributed by atoms with Crippen LogP contribution in [0.1, 0.15) is 55.2 Å². The summed E-state index contributed by atoms with van der Waals surface area (Å²) in [6, 6.07) is 25.5. The number of aliphatic carboxylic acids is 1. The standard InChI is InChI=1S/C22H25NO4.C12H16O3/c1-26-20-13-11-17(12-14-20)7-5-6-10-21(24)23-19(16-27-22(23)25)15-18-8-3-2-4-9-18;1-15-11-8-6-10(7-9-11)4-2-3-5-12(13)14/h2-4,8-9,11-14,19H,5-7,10,15-16H2,1H3;6-9H,2-5H2,1H3,(H,13,14)/t19-;/m1./s1. The van der Waals surface area contributed by atoms with Crippen molar-refractivity contribution < 1.29 is 33.7 Å². The molecule has 1 aliphatic rings. The van der Waals surface area contributed by atoms with E-state index in [2.05, 4.69) is 0 Å². The first-order valence-corrected chi connectivity index (χ1v) is 14.4. The van der Waals surface area contributed by atoms with Crippen molar-refractivity contribution in [1.82, 2.24) is 4.90 Å². The van der Waals surface area contributed by atoms with Gasteiger partial charge in [0.1, 0.15) is 18.1 Å². The molecular formula is C34H41NO7. The first kappa shape index (κ1) is 32.2. The first-order valence-electron chi connectivity index (χ1n) is 14.4. The highest BCUT2D eigenvalue weighted by molar-refractivity contribution is 5.93. The van der Waals surface area contributed by atoms with Gasteiger partial charge in [0.25, 0.3) is 0 Å². The Bertz CT molecular complexity index is 1240. The van der Waals surface area contributed by atoms with Gasteiger partial charge in [0.15, 0.2) is 0 Å². The molecule has 4 rings (SSSR count). The molecular weight excluding hydrogens is 534 g/mol. The van der Waals surface area contributed by atoms with E-state index >= 15 is 0 Å². The number of methoxy groups -OCH3 is 2. The van der Waals surface area contributed by atoms with E-state index < -0.39 is 12.1 Å². The zero-order chi connectivity index (χ0) is 30.2. The molecule has 0 aliphatic carbocycles. The van der Waals surface area contributed by atoms with Crippen molar-refractivity contribution >= 4 is 18.0 Å². The van der Waals surface area contributed by atoms with Crippen LogP contribution < -0.4 is 9.47 Å². The summed E-state index contributed by atoms with van der Waals surface area (Å²) in [4.78, 5) is 36.1. The number of imide groups is 1. The molecule has 0 radical (unpaired) electrons. The molecule has 1 fully saturated rings. The highest BCUT2D eigenvalue weighted by atomic mass is 16.6. The number of unbranched alkanes of at least 4 members (excludes halogenated alkanes) is 2. The Hall–Kier alpha value is -4.33. The molecule has 1 N–H and O–H groups in total. The number of carbonyl (C=O) groups excluding carboxylic acids is 2. The molecule has 3 aromatic carbocycles. The molecule has 224 valence electrons. The highest BCUT2D eigenvalue weighted by Gasteiger charge is 2.37. The minimum atomic E-state index is -0.718. The Morgan fingerprint density at radius 1 is 0.762 bits per heavy atom. The molecule has 3 aromatic rings. The molecule has 8 heteroatoms. The fourth-order valence-electron chi connectivity index (χ4n) is 4.72. The van der Waals surface area contributed by atoms with E-state index in [0.717, 1.165) is 55.6 Å². The Morgan fingerprint density at radius 2 is 1.29 bits per heavy atom. The van der Waals surface area contributed by atoms with Crippen molar-refractivity contribution in [3.63, 3.8) is 0 Å². The average Bonchev–Trinajstić information content (AvgIpc) is 3.38. The van der Waals surface area contributed by atoms with Crippen LogP contribution >= 0.6 is 0 Å². The second-order valence-corrected chi connectivity index (χ2v) is 10.2. The lowest BCUT2D eigenvalue weighted by atomic mass is 10.0. The maximum Gasteiger partial charge on any atom is 0.416 e. The molecule has 2 amide bonds. The fourth-order valence-corrected chi connectivity index (χ4v) is 4.72. The Labute approximate surface area is 248 Å². The van der Waals surface area contributed by atoms with Gasteiger partial charge in [-0.15, -0.1) is 0 Å². The molecule has 1 saturated heterocycles. The second-order valence-electron chi connectivity index (χ2n) is 10.2. The number of amides is 2. The lowest BCUT2D eigenvalue weighted by Crippen LogP contribution is -2.40. The summed E-state index contributed by atoms with van der Waals surface area (Å²) in [6.45, 7) is 0.269. The monoisotopic (exact) mass is 575 g/mol. The first-order chi connectivity index (χ1) is 20.4. The van der Waals surface area contributed by atoms with Crippen molar-refractivity contribution in [3.8, 4) is 11.5 Å². The lowest BCUT2D eigenvalue weighted by molar-refractivity contribution is -0.137. The van der Waals surface area contributed by atoms with Gasteiger partial charge in [0.05, 0.1) is 20.3 Å². The van der Waals surface area contributed by atoms with Crippen LogP contribution in [0, 0.1) is 0 Å². The molecule has 0 spiro atoms. The molecule has 0 aromatic heterocycles. The number of nitrogens with zero attached hydrogens (tertiary/aromatic N) is 1. The van der Waals surface area contributed by atoms with Crippen LogP contribution in [0.3, 0.4) is 0 Å². The van der Waals surface area contributed by atoms with Crippen LogP contribution in [0.15, 0.2) is 78.9 Å². The van der Waals surface area contributed by atoms with Crippen LogP contribution in [0.25, 0.3) is 0 Å². The largest absolute Gasteiger partial charge is 0.497 e. The SMILES string of the molecule is COc1ccc(CCCCC(=O)N2C(=O)OC[C@H]2Cc2ccccc2)cc1.COc1ccc(CCCCC(=O)O)cc1. The summed E-state index contributed by atoms with van der Waals surface area (Å²) in [7, 11) is 3.29. The predicted octanol–water partition coefficient (Wildman–Crippen LogP) is 6.49. The topological polar surface area (TPSA) is 102 Å². The Kier molecular flexibility index (Phi) is 13.4. The van der Waals surface area contributed by atoms with Gasteiger partial charge in [-0.2, -0.15) is 0 Å². The number of hydrogen-bond donors (Lipinski definition) is 1. The van der Waals surface area contributed by atoms with Gasteiger partial charge in [-0.3, -0.25) is 9.59 Å². The van der Waals surface area contributed by atoms with E-state index in [4.69, 9.17) is 19.3 Å². The molecule has 0 unspecified atom stereocenters. The maximum absolute atomic E-state index is 12.6. The van der Waals surface area contributed by atoms with Gasteiger partial charge in [-0.25, -0.2) is 9.69 Å². The summed E-state index contributed by atoms with van der Waals surface area (Å²) in [6.07, 6.45) is 5.84. The van der Waals surface area contributed by atoms with Crippen LogP contribution in [-0.2, 0) is 33.6 Å². The summed E-state index contributed by atoms with van der Waals surface area (Å²) < 4.78 is 15.3. The van der Waals surface area contributed by atoms with E-state index in [-0.39, 0.29) is 25.0 Å². The van der Waals surface area contributed by atoms with Gasteiger partial charge in [-0.05, 0) is 85.9 Å². The summed E-state index contributed by atoms with van der Waals surface area (Å²) >= 11 is 0. The van der Waals surface area contributed by atoms with Gasteiger partial charge in [-0.1, -0.05) is 54.6 Å². The number of ether oxygens (including phenoxy) is 3. The molecule has 0 bridgehead atoms. The number of hydrogen-bond acceptors (Lipinski definition) is 6. The number of benzene rings is 3. The fraction of sp³-hybridized carbons (Fsp3) is 0.382. The molecule has 42 heavy (non-hydrogen) atoms. The van der Waals surface area contributed by atoms with Crippen molar-refractivity contribution in [2.75, 3.05) is 20.8 Å². The van der Waals surface area contributed by atoms with Crippen molar-refractivity contribution in [2.24, 2.45) is 0 Å². The molecule has 1 heterocycles. The number of rotatable bonds is 14. The third-order valence-corrected chi connectivity index (χ3v) is 7.07. The van der Waals surface area contributed by atoms with Gasteiger partial charge in [0, 0.05) is 12.8 Å². The minimum Gasteiger partial charge on any atom is -0.497 e. The smallest absolute Gasteiger partial charge is 0.416 e. The van der Waals surface area contributed by atoms with Crippen molar-refractivity contribution in [2.45, 2.75) is 63.8 Å². The molecule has 1 aliphatic heterocycles. The summed E-state index contributed by atoms with van der Waals surface area (Å²) in [5.74, 6) is 0.827. The predicted molar refractivity (Wildman–Crippen MR) is 161 cm³/mol. The van der Waals surface area contributed by atoms with Crippen LogP contribution in [0.4, 0.5) is 4.79 Å². The van der Waals surface area contributed by atoms with E-state index in [0.29, 0.717) is 12.8 Å². The zero-order valence-electron chi connectivity index (χ0n) is 24.5. The second kappa shape index (κ2) is 17.5. The quantitative estimate of drug-likeness (QED) is 0.219. The number of aryl methyl sites for hydroxylation is 2.